The van der Waals surface area contributed by atoms with E-state index < -0.39 is 0 Å². The summed E-state index contributed by atoms with van der Waals surface area (Å²) in [5, 5.41) is 0. The first-order valence-corrected chi connectivity index (χ1v) is 6.15. The Hall–Kier alpha value is -1.62. The molecule has 0 bridgehead atoms. The minimum atomic E-state index is 0.209. The largest absolute Gasteiger partial charge is 0.488 e. The third-order valence-electron chi connectivity index (χ3n) is 3.29. The van der Waals surface area contributed by atoms with E-state index in [9.17, 15) is 0 Å². The first-order chi connectivity index (χ1) is 8.20. The van der Waals surface area contributed by atoms with Gasteiger partial charge in [0.05, 0.1) is 6.54 Å². The van der Waals surface area contributed by atoms with Gasteiger partial charge in [-0.2, -0.15) is 0 Å². The molecule has 0 spiro atoms. The predicted molar refractivity (Wildman–Crippen MR) is 69.6 cm³/mol. The molecule has 17 heavy (non-hydrogen) atoms. The monoisotopic (exact) mass is 229 g/mol. The molecular weight excluding hydrogens is 210 g/mol. The highest BCUT2D eigenvalue weighted by molar-refractivity contribution is 5.21. The standard InChI is InChI=1S/C15H19NO/c1-4-16-11-14(10-15(16)12(2)3)17-13-8-6-5-7-9-13/h1,5-9,12,14-15H,10-11H2,2-3H3/t14-,15?/m0/s1. The Morgan fingerprint density at radius 2 is 2.06 bits per heavy atom. The molecule has 0 N–H and O–H groups in total. The smallest absolute Gasteiger partial charge is 0.119 e. The van der Waals surface area contributed by atoms with Crippen molar-refractivity contribution in [2.45, 2.75) is 32.4 Å². The van der Waals surface area contributed by atoms with Gasteiger partial charge in [-0.3, -0.25) is 0 Å². The lowest BCUT2D eigenvalue weighted by Crippen LogP contribution is -2.29. The molecule has 1 aromatic carbocycles. The molecule has 1 fully saturated rings. The molecular formula is C15H19NO. The number of benzene rings is 1. The maximum absolute atomic E-state index is 5.95. The molecule has 0 aromatic heterocycles. The minimum absolute atomic E-state index is 0.209. The van der Waals surface area contributed by atoms with Crippen LogP contribution in [0.3, 0.4) is 0 Å². The van der Waals surface area contributed by atoms with Gasteiger partial charge in [0.2, 0.25) is 0 Å². The lowest BCUT2D eigenvalue weighted by molar-refractivity contribution is 0.213. The van der Waals surface area contributed by atoms with Gasteiger partial charge in [0.25, 0.3) is 0 Å². The van der Waals surface area contributed by atoms with Gasteiger partial charge in [0.1, 0.15) is 11.9 Å². The highest BCUT2D eigenvalue weighted by atomic mass is 16.5. The van der Waals surface area contributed by atoms with E-state index in [0.29, 0.717) is 12.0 Å². The summed E-state index contributed by atoms with van der Waals surface area (Å²) in [4.78, 5) is 2.07. The van der Waals surface area contributed by atoms with E-state index in [-0.39, 0.29) is 6.10 Å². The van der Waals surface area contributed by atoms with Gasteiger partial charge < -0.3 is 9.64 Å². The zero-order valence-electron chi connectivity index (χ0n) is 10.5. The summed E-state index contributed by atoms with van der Waals surface area (Å²) >= 11 is 0. The number of hydrogen-bond donors (Lipinski definition) is 0. The first kappa shape index (κ1) is 11.9. The zero-order chi connectivity index (χ0) is 12.3. The molecule has 0 aliphatic carbocycles. The van der Waals surface area contributed by atoms with Crippen LogP contribution in [0.1, 0.15) is 20.3 Å². The molecule has 2 heteroatoms. The summed E-state index contributed by atoms with van der Waals surface area (Å²) in [7, 11) is 0. The van der Waals surface area contributed by atoms with Crippen molar-refractivity contribution in [3.8, 4) is 18.2 Å². The van der Waals surface area contributed by atoms with Crippen molar-refractivity contribution in [1.82, 2.24) is 4.90 Å². The highest BCUT2D eigenvalue weighted by Gasteiger charge is 2.33. The fourth-order valence-corrected chi connectivity index (χ4v) is 2.38. The van der Waals surface area contributed by atoms with Gasteiger partial charge in [-0.15, -0.1) is 0 Å². The summed E-state index contributed by atoms with van der Waals surface area (Å²) in [6, 6.07) is 13.2. The number of ether oxygens (including phenoxy) is 1. The molecule has 90 valence electrons. The Labute approximate surface area is 104 Å². The van der Waals surface area contributed by atoms with E-state index in [0.717, 1.165) is 18.7 Å². The number of nitrogens with zero attached hydrogens (tertiary/aromatic N) is 1. The summed E-state index contributed by atoms with van der Waals surface area (Å²) in [5.74, 6) is 1.49. The Balaban J connectivity index is 1.99. The summed E-state index contributed by atoms with van der Waals surface area (Å²) in [6.45, 7) is 5.24. The fourth-order valence-electron chi connectivity index (χ4n) is 2.38. The van der Waals surface area contributed by atoms with E-state index in [1.54, 1.807) is 0 Å². The summed E-state index contributed by atoms with van der Waals surface area (Å²) in [5.41, 5.74) is 0. The van der Waals surface area contributed by atoms with Crippen LogP contribution in [-0.4, -0.2) is 23.6 Å². The van der Waals surface area contributed by atoms with E-state index >= 15 is 0 Å². The quantitative estimate of drug-likeness (QED) is 0.739. The second kappa shape index (κ2) is 5.14. The maximum Gasteiger partial charge on any atom is 0.119 e. The zero-order valence-corrected chi connectivity index (χ0v) is 10.5. The fraction of sp³-hybridized carbons (Fsp3) is 0.467. The van der Waals surface area contributed by atoms with E-state index in [1.807, 2.05) is 30.3 Å². The SMILES string of the molecule is C#CN1C[C@@H](Oc2ccccc2)CC1C(C)C. The molecule has 1 saturated heterocycles. The van der Waals surface area contributed by atoms with Crippen molar-refractivity contribution < 1.29 is 4.74 Å². The van der Waals surface area contributed by atoms with Crippen LogP contribution in [0.5, 0.6) is 5.75 Å². The van der Waals surface area contributed by atoms with Crippen molar-refractivity contribution in [3.05, 3.63) is 30.3 Å². The van der Waals surface area contributed by atoms with E-state index in [1.165, 1.54) is 0 Å². The number of hydrogen-bond acceptors (Lipinski definition) is 2. The van der Waals surface area contributed by atoms with Gasteiger partial charge in [0, 0.05) is 18.5 Å². The number of terminal acetylenes is 1. The maximum atomic E-state index is 5.95. The van der Waals surface area contributed by atoms with Crippen LogP contribution in [0.2, 0.25) is 0 Å². The lowest BCUT2D eigenvalue weighted by atomic mass is 10.0. The topological polar surface area (TPSA) is 12.5 Å². The van der Waals surface area contributed by atoms with Gasteiger partial charge >= 0.3 is 0 Å². The molecule has 0 saturated carbocycles. The van der Waals surface area contributed by atoms with Crippen molar-refractivity contribution in [1.29, 1.82) is 0 Å². The Morgan fingerprint density at radius 1 is 1.35 bits per heavy atom. The van der Waals surface area contributed by atoms with Crippen molar-refractivity contribution in [2.75, 3.05) is 6.54 Å². The van der Waals surface area contributed by atoms with Crippen LogP contribution in [0.15, 0.2) is 30.3 Å². The number of rotatable bonds is 3. The molecule has 1 aromatic rings. The Morgan fingerprint density at radius 3 is 2.59 bits per heavy atom. The van der Waals surface area contributed by atoms with Crippen LogP contribution < -0.4 is 4.74 Å². The third-order valence-corrected chi connectivity index (χ3v) is 3.29. The molecule has 1 aliphatic rings. The van der Waals surface area contributed by atoms with Crippen molar-refractivity contribution in [2.24, 2.45) is 5.92 Å². The molecule has 2 atom stereocenters. The van der Waals surface area contributed by atoms with E-state index in [4.69, 9.17) is 11.2 Å². The third kappa shape index (κ3) is 2.74. The minimum Gasteiger partial charge on any atom is -0.488 e. The average molecular weight is 229 g/mol. The number of likely N-dealkylation sites (tertiary alicyclic amines) is 1. The molecule has 1 aliphatic heterocycles. The average Bonchev–Trinajstić information content (AvgIpc) is 2.73. The molecule has 1 unspecified atom stereocenters. The van der Waals surface area contributed by atoms with Crippen LogP contribution in [0.4, 0.5) is 0 Å². The predicted octanol–water partition coefficient (Wildman–Crippen LogP) is 2.76. The van der Waals surface area contributed by atoms with Gasteiger partial charge in [0.15, 0.2) is 0 Å². The van der Waals surface area contributed by atoms with Crippen LogP contribution in [-0.2, 0) is 0 Å². The lowest BCUT2D eigenvalue weighted by Gasteiger charge is -2.22. The molecule has 0 amide bonds. The van der Waals surface area contributed by atoms with Crippen molar-refractivity contribution >= 4 is 0 Å². The second-order valence-electron chi connectivity index (χ2n) is 4.88. The molecule has 2 nitrogen and oxygen atoms in total. The first-order valence-electron chi connectivity index (χ1n) is 6.15. The molecule has 0 radical (unpaired) electrons. The Bertz CT molecular complexity index is 393. The highest BCUT2D eigenvalue weighted by Crippen LogP contribution is 2.26. The van der Waals surface area contributed by atoms with Crippen LogP contribution >= 0.6 is 0 Å². The molecule has 1 heterocycles. The molecule has 2 rings (SSSR count). The summed E-state index contributed by atoms with van der Waals surface area (Å²) < 4.78 is 5.95. The summed E-state index contributed by atoms with van der Waals surface area (Å²) in [6.07, 6.45) is 6.76. The normalized spacial score (nSPS) is 23.8. The second-order valence-corrected chi connectivity index (χ2v) is 4.88. The Kier molecular flexibility index (Phi) is 3.58. The van der Waals surface area contributed by atoms with Crippen molar-refractivity contribution in [3.63, 3.8) is 0 Å². The van der Waals surface area contributed by atoms with Gasteiger partial charge in [-0.1, -0.05) is 38.5 Å². The van der Waals surface area contributed by atoms with Gasteiger partial charge in [-0.05, 0) is 18.1 Å². The number of para-hydroxylation sites is 1. The van der Waals surface area contributed by atoms with Gasteiger partial charge in [-0.25, -0.2) is 0 Å². The van der Waals surface area contributed by atoms with Crippen LogP contribution in [0, 0.1) is 18.4 Å². The van der Waals surface area contributed by atoms with Crippen LogP contribution in [0.25, 0.3) is 0 Å². The van der Waals surface area contributed by atoms with E-state index in [2.05, 4.69) is 24.8 Å².